The van der Waals surface area contributed by atoms with Crippen molar-refractivity contribution in [1.29, 1.82) is 0 Å². The topological polar surface area (TPSA) is 12.0 Å². The molecule has 1 aromatic rings. The lowest BCUT2D eigenvalue weighted by Gasteiger charge is -2.21. The molecular weight excluding hydrogens is 194 g/mol. The second kappa shape index (κ2) is 5.38. The minimum absolute atomic E-state index is 0.548. The quantitative estimate of drug-likeness (QED) is 0.785. The summed E-state index contributed by atoms with van der Waals surface area (Å²) in [5.74, 6) is 1.10. The highest BCUT2D eigenvalue weighted by Crippen LogP contribution is 2.33. The third kappa shape index (κ3) is 2.78. The SMILES string of the molecule is [CH2]CNc1c(C(C)C)cc(C)cc1C(C)C. The van der Waals surface area contributed by atoms with Crippen molar-refractivity contribution < 1.29 is 0 Å². The van der Waals surface area contributed by atoms with E-state index in [0.29, 0.717) is 11.8 Å². The number of hydrogen-bond donors (Lipinski definition) is 1. The molecule has 1 aromatic carbocycles. The van der Waals surface area contributed by atoms with Crippen molar-refractivity contribution >= 4 is 5.69 Å². The average Bonchev–Trinajstić information content (AvgIpc) is 2.19. The van der Waals surface area contributed by atoms with Gasteiger partial charge >= 0.3 is 0 Å². The second-order valence-electron chi connectivity index (χ2n) is 5.05. The first kappa shape index (κ1) is 13.1. The Balaban J connectivity index is 3.35. The highest BCUT2D eigenvalue weighted by molar-refractivity contribution is 5.61. The van der Waals surface area contributed by atoms with Gasteiger partial charge in [0, 0.05) is 12.2 Å². The van der Waals surface area contributed by atoms with Crippen LogP contribution in [0.4, 0.5) is 5.69 Å². The Hall–Kier alpha value is -0.980. The Morgan fingerprint density at radius 2 is 1.50 bits per heavy atom. The lowest BCUT2D eigenvalue weighted by Crippen LogP contribution is -2.07. The molecule has 89 valence electrons. The van der Waals surface area contributed by atoms with E-state index in [2.05, 4.69) is 59.0 Å². The van der Waals surface area contributed by atoms with E-state index in [4.69, 9.17) is 0 Å². The normalized spacial score (nSPS) is 11.2. The van der Waals surface area contributed by atoms with Crippen LogP contribution in [0.15, 0.2) is 12.1 Å². The van der Waals surface area contributed by atoms with Gasteiger partial charge in [0.15, 0.2) is 0 Å². The molecule has 1 rings (SSSR count). The molecule has 16 heavy (non-hydrogen) atoms. The molecule has 0 bridgehead atoms. The average molecular weight is 218 g/mol. The van der Waals surface area contributed by atoms with Crippen LogP contribution in [0.2, 0.25) is 0 Å². The summed E-state index contributed by atoms with van der Waals surface area (Å²) in [4.78, 5) is 0. The molecule has 0 heterocycles. The Kier molecular flexibility index (Phi) is 4.40. The van der Waals surface area contributed by atoms with Crippen LogP contribution in [0.3, 0.4) is 0 Å². The zero-order chi connectivity index (χ0) is 12.3. The monoisotopic (exact) mass is 218 g/mol. The van der Waals surface area contributed by atoms with E-state index in [9.17, 15) is 0 Å². The fourth-order valence-corrected chi connectivity index (χ4v) is 2.08. The summed E-state index contributed by atoms with van der Waals surface area (Å²) < 4.78 is 0. The molecule has 1 N–H and O–H groups in total. The molecular formula is C15H24N. The molecule has 0 saturated carbocycles. The van der Waals surface area contributed by atoms with Crippen LogP contribution in [0, 0.1) is 13.8 Å². The Morgan fingerprint density at radius 1 is 1.06 bits per heavy atom. The maximum atomic E-state index is 3.89. The minimum atomic E-state index is 0.548. The van der Waals surface area contributed by atoms with Crippen LogP contribution in [-0.4, -0.2) is 6.54 Å². The van der Waals surface area contributed by atoms with Gasteiger partial charge < -0.3 is 5.32 Å². The summed E-state index contributed by atoms with van der Waals surface area (Å²) in [7, 11) is 0. The molecule has 1 radical (unpaired) electrons. The van der Waals surface area contributed by atoms with Gasteiger partial charge in [0.25, 0.3) is 0 Å². The van der Waals surface area contributed by atoms with Gasteiger partial charge in [0.1, 0.15) is 0 Å². The molecule has 0 aromatic heterocycles. The van der Waals surface area contributed by atoms with E-state index >= 15 is 0 Å². The molecule has 1 heteroatoms. The van der Waals surface area contributed by atoms with Gasteiger partial charge in [-0.05, 0) is 36.8 Å². The van der Waals surface area contributed by atoms with Gasteiger partial charge in [-0.2, -0.15) is 0 Å². The van der Waals surface area contributed by atoms with Crippen LogP contribution in [0.1, 0.15) is 56.2 Å². The first-order chi connectivity index (χ1) is 7.47. The molecule has 0 fully saturated rings. The molecule has 1 nitrogen and oxygen atoms in total. The highest BCUT2D eigenvalue weighted by Gasteiger charge is 2.13. The zero-order valence-electron chi connectivity index (χ0n) is 11.2. The fourth-order valence-electron chi connectivity index (χ4n) is 2.08. The summed E-state index contributed by atoms with van der Waals surface area (Å²) in [6.45, 7) is 15.8. The molecule has 0 aliphatic heterocycles. The van der Waals surface area contributed by atoms with Crippen LogP contribution in [0.25, 0.3) is 0 Å². The standard InChI is InChI=1S/C15H24N/c1-7-16-15-13(10(2)3)8-12(6)9-14(15)11(4)5/h8-11,16H,1,7H2,2-6H3. The molecule has 0 saturated heterocycles. The van der Waals surface area contributed by atoms with Crippen molar-refractivity contribution in [1.82, 2.24) is 0 Å². The summed E-state index contributed by atoms with van der Waals surface area (Å²) >= 11 is 0. The first-order valence-corrected chi connectivity index (χ1v) is 6.15. The molecule has 0 aliphatic carbocycles. The predicted octanol–water partition coefficient (Wildman–Crippen LogP) is 4.49. The van der Waals surface area contributed by atoms with Crippen molar-refractivity contribution in [3.8, 4) is 0 Å². The smallest absolute Gasteiger partial charge is 0.0410 e. The van der Waals surface area contributed by atoms with Crippen molar-refractivity contribution in [2.75, 3.05) is 11.9 Å². The van der Waals surface area contributed by atoms with Crippen LogP contribution < -0.4 is 5.32 Å². The Labute approximate surface area is 100 Å². The van der Waals surface area contributed by atoms with E-state index < -0.39 is 0 Å². The Morgan fingerprint density at radius 3 is 1.81 bits per heavy atom. The summed E-state index contributed by atoms with van der Waals surface area (Å²) in [5.41, 5.74) is 5.47. The second-order valence-corrected chi connectivity index (χ2v) is 5.05. The maximum Gasteiger partial charge on any atom is 0.0410 e. The zero-order valence-corrected chi connectivity index (χ0v) is 11.2. The minimum Gasteiger partial charge on any atom is -0.385 e. The molecule has 0 unspecified atom stereocenters. The van der Waals surface area contributed by atoms with Crippen LogP contribution >= 0.6 is 0 Å². The van der Waals surface area contributed by atoms with E-state index in [1.54, 1.807) is 0 Å². The van der Waals surface area contributed by atoms with Crippen LogP contribution in [0.5, 0.6) is 0 Å². The summed E-state index contributed by atoms with van der Waals surface area (Å²) in [6.07, 6.45) is 0. The van der Waals surface area contributed by atoms with Crippen molar-refractivity contribution in [2.24, 2.45) is 0 Å². The molecule has 0 aliphatic rings. The highest BCUT2D eigenvalue weighted by atomic mass is 14.9. The molecule has 0 spiro atoms. The first-order valence-electron chi connectivity index (χ1n) is 6.15. The maximum absolute atomic E-state index is 3.89. The lowest BCUT2D eigenvalue weighted by atomic mass is 9.90. The van der Waals surface area contributed by atoms with E-state index in [1.165, 1.54) is 22.4 Å². The summed E-state index contributed by atoms with van der Waals surface area (Å²) in [5, 5.41) is 3.42. The van der Waals surface area contributed by atoms with E-state index in [1.807, 2.05) is 0 Å². The number of hydrogen-bond acceptors (Lipinski definition) is 1. The number of anilines is 1. The summed E-state index contributed by atoms with van der Waals surface area (Å²) in [6, 6.07) is 4.57. The van der Waals surface area contributed by atoms with Gasteiger partial charge in [0.05, 0.1) is 0 Å². The number of aryl methyl sites for hydroxylation is 1. The van der Waals surface area contributed by atoms with Crippen molar-refractivity contribution in [3.63, 3.8) is 0 Å². The van der Waals surface area contributed by atoms with Gasteiger partial charge in [-0.25, -0.2) is 0 Å². The Bertz CT molecular complexity index is 321. The number of nitrogens with one attached hydrogen (secondary N) is 1. The van der Waals surface area contributed by atoms with Crippen LogP contribution in [-0.2, 0) is 0 Å². The van der Waals surface area contributed by atoms with Gasteiger partial charge in [-0.3, -0.25) is 0 Å². The number of rotatable bonds is 4. The number of benzene rings is 1. The van der Waals surface area contributed by atoms with Gasteiger partial charge in [-0.1, -0.05) is 45.4 Å². The lowest BCUT2D eigenvalue weighted by molar-refractivity contribution is 0.832. The largest absolute Gasteiger partial charge is 0.385 e. The van der Waals surface area contributed by atoms with Crippen molar-refractivity contribution in [2.45, 2.75) is 46.5 Å². The predicted molar refractivity (Wildman–Crippen MR) is 73.2 cm³/mol. The molecule has 0 amide bonds. The van der Waals surface area contributed by atoms with Crippen molar-refractivity contribution in [3.05, 3.63) is 35.7 Å². The van der Waals surface area contributed by atoms with Gasteiger partial charge in [0.2, 0.25) is 0 Å². The van der Waals surface area contributed by atoms with E-state index in [-0.39, 0.29) is 0 Å². The van der Waals surface area contributed by atoms with Gasteiger partial charge in [-0.15, -0.1) is 0 Å². The third-order valence-corrected chi connectivity index (χ3v) is 2.89. The fraction of sp³-hybridized carbons (Fsp3) is 0.533. The molecule has 0 atom stereocenters. The third-order valence-electron chi connectivity index (χ3n) is 2.89. The van der Waals surface area contributed by atoms with E-state index in [0.717, 1.165) is 6.54 Å².